The minimum absolute atomic E-state index is 0.00337. The van der Waals surface area contributed by atoms with E-state index >= 15 is 0 Å². The van der Waals surface area contributed by atoms with Crippen LogP contribution in [0.4, 0.5) is 17.6 Å². The van der Waals surface area contributed by atoms with Gasteiger partial charge in [0.25, 0.3) is 22.0 Å². The third kappa shape index (κ3) is 12.0. The highest BCUT2D eigenvalue weighted by molar-refractivity contribution is 9.10. The summed E-state index contributed by atoms with van der Waals surface area (Å²) in [5.74, 6) is -5.82. The van der Waals surface area contributed by atoms with Crippen molar-refractivity contribution in [1.82, 2.24) is 0 Å². The molecule has 0 radical (unpaired) electrons. The molecule has 0 amide bonds. The van der Waals surface area contributed by atoms with Crippen LogP contribution in [0.25, 0.3) is 0 Å². The third-order valence-electron chi connectivity index (χ3n) is 4.24. The Balaban J connectivity index is 0.000000335. The molecule has 2 aromatic rings. The number of hydrogen-bond acceptors (Lipinski definition) is 4. The van der Waals surface area contributed by atoms with Crippen molar-refractivity contribution in [2.24, 2.45) is 0 Å². The fourth-order valence-corrected chi connectivity index (χ4v) is 3.52. The SMILES string of the molecule is CS(=O)(=O)OCCCC(F)(F)c1ccc(Br)cc1.N#CCCCC(F)(F)c1ccc(Br)cc1. The fourth-order valence-electron chi connectivity index (χ4n) is 2.57. The summed E-state index contributed by atoms with van der Waals surface area (Å²) in [6, 6.07) is 13.6. The van der Waals surface area contributed by atoms with Gasteiger partial charge in [0.1, 0.15) is 0 Å². The lowest BCUT2D eigenvalue weighted by Crippen LogP contribution is -2.15. The molecule has 4 nitrogen and oxygen atoms in total. The molecule has 0 N–H and O–H groups in total. The van der Waals surface area contributed by atoms with Gasteiger partial charge in [0.15, 0.2) is 0 Å². The molecular formula is C22H23Br2F4NO3S. The molecule has 0 aliphatic rings. The summed E-state index contributed by atoms with van der Waals surface area (Å²) in [7, 11) is -3.56. The minimum Gasteiger partial charge on any atom is -0.270 e. The Morgan fingerprint density at radius 3 is 1.61 bits per heavy atom. The van der Waals surface area contributed by atoms with E-state index in [0.717, 1.165) is 15.2 Å². The van der Waals surface area contributed by atoms with Gasteiger partial charge in [0.05, 0.1) is 18.9 Å². The molecule has 0 fully saturated rings. The van der Waals surface area contributed by atoms with Crippen LogP contribution in [0.5, 0.6) is 0 Å². The number of unbranched alkanes of at least 4 members (excludes halogenated alkanes) is 1. The summed E-state index contributed by atoms with van der Waals surface area (Å²) in [6.45, 7) is -0.231. The molecule has 0 aliphatic heterocycles. The van der Waals surface area contributed by atoms with E-state index < -0.39 is 28.4 Å². The van der Waals surface area contributed by atoms with Crippen LogP contribution in [0.1, 0.15) is 43.2 Å². The molecule has 2 aromatic carbocycles. The first-order chi connectivity index (χ1) is 15.3. The van der Waals surface area contributed by atoms with Gasteiger partial charge in [0.2, 0.25) is 0 Å². The van der Waals surface area contributed by atoms with Crippen LogP contribution in [-0.2, 0) is 26.1 Å². The van der Waals surface area contributed by atoms with E-state index in [1.54, 1.807) is 12.1 Å². The van der Waals surface area contributed by atoms with Crippen LogP contribution in [-0.4, -0.2) is 21.3 Å². The summed E-state index contributed by atoms with van der Waals surface area (Å²) < 4.78 is 81.6. The van der Waals surface area contributed by atoms with Gasteiger partial charge in [-0.1, -0.05) is 56.1 Å². The Hall–Kier alpha value is -1.48. The largest absolute Gasteiger partial charge is 0.273 e. The molecule has 0 heterocycles. The van der Waals surface area contributed by atoms with Gasteiger partial charge in [-0.2, -0.15) is 13.7 Å². The highest BCUT2D eigenvalue weighted by atomic mass is 79.9. The lowest BCUT2D eigenvalue weighted by atomic mass is 10.0. The fraction of sp³-hybridized carbons (Fsp3) is 0.409. The second kappa shape index (κ2) is 13.4. The minimum atomic E-state index is -3.56. The predicted octanol–water partition coefficient (Wildman–Crippen LogP) is 7.53. The van der Waals surface area contributed by atoms with Crippen LogP contribution in [0.3, 0.4) is 0 Å². The number of nitrogens with zero attached hydrogens (tertiary/aromatic N) is 1. The molecule has 0 saturated carbocycles. The normalized spacial score (nSPS) is 11.9. The van der Waals surface area contributed by atoms with Gasteiger partial charge in [-0.3, -0.25) is 4.18 Å². The topological polar surface area (TPSA) is 67.2 Å². The first-order valence-corrected chi connectivity index (χ1v) is 13.2. The van der Waals surface area contributed by atoms with Crippen molar-refractivity contribution in [1.29, 1.82) is 5.26 Å². The molecule has 0 aliphatic carbocycles. The summed E-state index contributed by atoms with van der Waals surface area (Å²) in [6.07, 6.45) is 0.522. The highest BCUT2D eigenvalue weighted by Gasteiger charge is 2.31. The standard InChI is InChI=1S/C11H10BrF2N.C11H13BrF2O3S/c12-10-5-3-9(4-6-10)11(13,14)7-1-2-8-15;1-18(15,16)17-8-2-7-11(13,14)9-3-5-10(12)6-4-9/h3-6H,1-2,7H2;3-6H,2,7-8H2,1H3. The molecule has 0 unspecified atom stereocenters. The van der Waals surface area contributed by atoms with Gasteiger partial charge in [0, 0.05) is 39.3 Å². The van der Waals surface area contributed by atoms with Gasteiger partial charge in [-0.05, 0) is 37.1 Å². The average Bonchev–Trinajstić information content (AvgIpc) is 2.72. The van der Waals surface area contributed by atoms with Gasteiger partial charge < -0.3 is 0 Å². The Morgan fingerprint density at radius 2 is 1.24 bits per heavy atom. The van der Waals surface area contributed by atoms with Crippen LogP contribution in [0.2, 0.25) is 0 Å². The maximum Gasteiger partial charge on any atom is 0.273 e. The van der Waals surface area contributed by atoms with Crippen molar-refractivity contribution in [3.05, 3.63) is 68.6 Å². The summed E-state index contributed by atoms with van der Waals surface area (Å²) in [5.41, 5.74) is -0.0892. The van der Waals surface area contributed by atoms with Crippen LogP contribution in [0.15, 0.2) is 57.5 Å². The molecule has 0 bridgehead atoms. The van der Waals surface area contributed by atoms with Crippen molar-refractivity contribution in [3.8, 4) is 6.07 Å². The van der Waals surface area contributed by atoms with Gasteiger partial charge >= 0.3 is 0 Å². The van der Waals surface area contributed by atoms with E-state index in [9.17, 15) is 26.0 Å². The second-order valence-corrected chi connectivity index (χ2v) is 10.5. The van der Waals surface area contributed by atoms with Gasteiger partial charge in [-0.15, -0.1) is 0 Å². The molecule has 11 heteroatoms. The molecule has 0 saturated heterocycles. The number of hydrogen-bond donors (Lipinski definition) is 0. The summed E-state index contributed by atoms with van der Waals surface area (Å²) in [5, 5.41) is 8.27. The molecule has 0 aromatic heterocycles. The molecule has 2 rings (SSSR count). The van der Waals surface area contributed by atoms with E-state index in [1.807, 2.05) is 6.07 Å². The molecule has 0 atom stereocenters. The first kappa shape index (κ1) is 29.6. The number of benzene rings is 2. The highest BCUT2D eigenvalue weighted by Crippen LogP contribution is 2.34. The van der Waals surface area contributed by atoms with Crippen molar-refractivity contribution in [2.45, 2.75) is 43.9 Å². The average molecular weight is 617 g/mol. The Labute approximate surface area is 208 Å². The predicted molar refractivity (Wildman–Crippen MR) is 126 cm³/mol. The Morgan fingerprint density at radius 1 is 0.848 bits per heavy atom. The van der Waals surface area contributed by atoms with Crippen molar-refractivity contribution >= 4 is 42.0 Å². The van der Waals surface area contributed by atoms with Crippen molar-refractivity contribution in [2.75, 3.05) is 12.9 Å². The number of rotatable bonds is 10. The van der Waals surface area contributed by atoms with Crippen LogP contribution < -0.4 is 0 Å². The maximum atomic E-state index is 13.7. The van der Waals surface area contributed by atoms with E-state index in [4.69, 9.17) is 5.26 Å². The quantitative estimate of drug-likeness (QED) is 0.157. The van der Waals surface area contributed by atoms with E-state index in [2.05, 4.69) is 36.0 Å². The number of nitriles is 1. The number of alkyl halides is 4. The first-order valence-electron chi connectivity index (χ1n) is 9.76. The van der Waals surface area contributed by atoms with Gasteiger partial charge in [-0.25, -0.2) is 17.6 Å². The zero-order chi connectivity index (χ0) is 25.1. The smallest absolute Gasteiger partial charge is 0.270 e. The summed E-state index contributed by atoms with van der Waals surface area (Å²) in [4.78, 5) is 0. The maximum absolute atomic E-state index is 13.7. The molecule has 33 heavy (non-hydrogen) atoms. The van der Waals surface area contributed by atoms with Crippen molar-refractivity contribution in [3.63, 3.8) is 0 Å². The number of halogens is 6. The molecule has 0 spiro atoms. The van der Waals surface area contributed by atoms with Crippen molar-refractivity contribution < 1.29 is 30.2 Å². The Bertz CT molecular complexity index is 1010. The zero-order valence-corrected chi connectivity index (χ0v) is 21.7. The molecule has 182 valence electrons. The van der Waals surface area contributed by atoms with Crippen LogP contribution in [0, 0.1) is 11.3 Å². The second-order valence-electron chi connectivity index (χ2n) is 7.06. The monoisotopic (exact) mass is 615 g/mol. The molecular weight excluding hydrogens is 594 g/mol. The zero-order valence-electron chi connectivity index (χ0n) is 17.7. The summed E-state index contributed by atoms with van der Waals surface area (Å²) >= 11 is 6.35. The van der Waals surface area contributed by atoms with E-state index in [1.165, 1.54) is 36.4 Å². The Kier molecular flexibility index (Phi) is 12.0. The lowest BCUT2D eigenvalue weighted by molar-refractivity contribution is -0.0180. The van der Waals surface area contributed by atoms with Crippen LogP contribution >= 0.6 is 31.9 Å². The van der Waals surface area contributed by atoms with E-state index in [-0.39, 0.29) is 43.4 Å². The van der Waals surface area contributed by atoms with E-state index in [0.29, 0.717) is 0 Å². The third-order valence-corrected chi connectivity index (χ3v) is 5.90. The lowest BCUT2D eigenvalue weighted by Gasteiger charge is -2.16.